The van der Waals surface area contributed by atoms with Gasteiger partial charge in [-0.2, -0.15) is 0 Å². The number of hydrogen-bond donors (Lipinski definition) is 1. The van der Waals surface area contributed by atoms with Gasteiger partial charge in [-0.15, -0.1) is 0 Å². The summed E-state index contributed by atoms with van der Waals surface area (Å²) in [4.78, 5) is 15.3. The highest BCUT2D eigenvalue weighted by Crippen LogP contribution is 2.32. The Bertz CT molecular complexity index is 619. The van der Waals surface area contributed by atoms with E-state index in [-0.39, 0.29) is 5.92 Å². The summed E-state index contributed by atoms with van der Waals surface area (Å²) in [7, 11) is 1.76. The Morgan fingerprint density at radius 3 is 2.73 bits per heavy atom. The summed E-state index contributed by atoms with van der Waals surface area (Å²) in [5.41, 5.74) is 5.35. The molecule has 1 aromatic carbocycles. The Balaban J connectivity index is 1.74. The highest BCUT2D eigenvalue weighted by molar-refractivity contribution is 5.80. The standard InChI is InChI=1S/C22H34N2O2/c1-16-12-18(6-5-11-26-3)13-20(17(16)2)15-24(21-8-9-21)22(25)19-7-4-10-23-14-19/h12-13,19,21,23H,4-11,14-15H2,1-3H3/t19-/m1/s1. The second-order valence-corrected chi connectivity index (χ2v) is 8.03. The first-order valence-corrected chi connectivity index (χ1v) is 10.2. The molecule has 0 bridgehead atoms. The number of methoxy groups -OCH3 is 1. The first kappa shape index (κ1) is 19.4. The Hall–Kier alpha value is -1.39. The minimum Gasteiger partial charge on any atom is -0.385 e. The fraction of sp³-hybridized carbons (Fsp3) is 0.682. The van der Waals surface area contributed by atoms with Crippen LogP contribution in [0.1, 0.15) is 54.4 Å². The zero-order chi connectivity index (χ0) is 18.5. The van der Waals surface area contributed by atoms with Crippen LogP contribution in [0.3, 0.4) is 0 Å². The molecule has 1 atom stereocenters. The fourth-order valence-corrected chi connectivity index (χ4v) is 4.00. The third kappa shape index (κ3) is 4.86. The predicted molar refractivity (Wildman–Crippen MR) is 105 cm³/mol. The molecule has 1 N–H and O–H groups in total. The van der Waals surface area contributed by atoms with Crippen molar-refractivity contribution in [3.8, 4) is 0 Å². The molecule has 2 aliphatic rings. The van der Waals surface area contributed by atoms with E-state index in [2.05, 4.69) is 36.2 Å². The molecule has 1 aliphatic heterocycles. The molecule has 0 radical (unpaired) electrons. The number of rotatable bonds is 8. The zero-order valence-electron chi connectivity index (χ0n) is 16.6. The summed E-state index contributed by atoms with van der Waals surface area (Å²) in [5, 5.41) is 3.39. The molecule has 0 unspecified atom stereocenters. The number of hydrogen-bond acceptors (Lipinski definition) is 3. The average Bonchev–Trinajstić information content (AvgIpc) is 3.48. The second kappa shape index (κ2) is 9.01. The summed E-state index contributed by atoms with van der Waals surface area (Å²) < 4.78 is 5.19. The molecule has 3 rings (SSSR count). The maximum absolute atomic E-state index is 13.1. The van der Waals surface area contributed by atoms with E-state index < -0.39 is 0 Å². The van der Waals surface area contributed by atoms with Crippen molar-refractivity contribution in [2.45, 2.75) is 65.0 Å². The van der Waals surface area contributed by atoms with E-state index in [1.54, 1.807) is 7.11 Å². The van der Waals surface area contributed by atoms with Crippen LogP contribution in [0.15, 0.2) is 12.1 Å². The molecule has 4 nitrogen and oxygen atoms in total. The smallest absolute Gasteiger partial charge is 0.227 e. The van der Waals surface area contributed by atoms with Gasteiger partial charge in [0, 0.05) is 32.8 Å². The maximum atomic E-state index is 13.1. The van der Waals surface area contributed by atoms with Crippen LogP contribution in [-0.2, 0) is 22.5 Å². The van der Waals surface area contributed by atoms with Crippen LogP contribution >= 0.6 is 0 Å². The Kier molecular flexibility index (Phi) is 6.71. The first-order chi connectivity index (χ1) is 12.6. The van der Waals surface area contributed by atoms with Crippen LogP contribution in [0.4, 0.5) is 0 Å². The quantitative estimate of drug-likeness (QED) is 0.725. The molecule has 1 saturated heterocycles. The average molecular weight is 359 g/mol. The number of carbonyl (C=O) groups is 1. The minimum atomic E-state index is 0.163. The highest BCUT2D eigenvalue weighted by atomic mass is 16.5. The highest BCUT2D eigenvalue weighted by Gasteiger charge is 2.36. The molecule has 26 heavy (non-hydrogen) atoms. The Labute approximate surface area is 158 Å². The van der Waals surface area contributed by atoms with Crippen LogP contribution in [0.2, 0.25) is 0 Å². The second-order valence-electron chi connectivity index (χ2n) is 8.03. The van der Waals surface area contributed by atoms with Crippen molar-refractivity contribution in [2.24, 2.45) is 5.92 Å². The van der Waals surface area contributed by atoms with Gasteiger partial charge in [-0.3, -0.25) is 4.79 Å². The lowest BCUT2D eigenvalue weighted by atomic mass is 9.95. The lowest BCUT2D eigenvalue weighted by Gasteiger charge is -2.30. The SMILES string of the molecule is COCCCc1cc(C)c(C)c(CN(C(=O)[C@@H]2CCCNC2)C2CC2)c1. The van der Waals surface area contributed by atoms with Crippen LogP contribution in [0.5, 0.6) is 0 Å². The van der Waals surface area contributed by atoms with Crippen molar-refractivity contribution in [1.29, 1.82) is 0 Å². The number of aryl methyl sites for hydroxylation is 2. The Morgan fingerprint density at radius 1 is 1.27 bits per heavy atom. The maximum Gasteiger partial charge on any atom is 0.227 e. The number of benzene rings is 1. The van der Waals surface area contributed by atoms with Gasteiger partial charge in [-0.05, 0) is 81.2 Å². The monoisotopic (exact) mass is 358 g/mol. The molecule has 4 heteroatoms. The van der Waals surface area contributed by atoms with Crippen LogP contribution in [0.25, 0.3) is 0 Å². The van der Waals surface area contributed by atoms with E-state index in [0.29, 0.717) is 11.9 Å². The van der Waals surface area contributed by atoms with Gasteiger partial charge in [0.1, 0.15) is 0 Å². The van der Waals surface area contributed by atoms with Gasteiger partial charge in [-0.25, -0.2) is 0 Å². The van der Waals surface area contributed by atoms with Crippen LogP contribution in [-0.4, -0.2) is 43.7 Å². The van der Waals surface area contributed by atoms with E-state index in [0.717, 1.165) is 64.8 Å². The van der Waals surface area contributed by atoms with Gasteiger partial charge in [0.25, 0.3) is 0 Å². The van der Waals surface area contributed by atoms with E-state index in [1.165, 1.54) is 22.3 Å². The number of ether oxygens (including phenoxy) is 1. The molecule has 1 amide bonds. The number of piperidine rings is 1. The molecule has 1 heterocycles. The molecule has 144 valence electrons. The number of nitrogens with zero attached hydrogens (tertiary/aromatic N) is 1. The van der Waals surface area contributed by atoms with Crippen molar-refractivity contribution in [1.82, 2.24) is 10.2 Å². The number of nitrogens with one attached hydrogen (secondary N) is 1. The molecular weight excluding hydrogens is 324 g/mol. The predicted octanol–water partition coefficient (Wildman–Crippen LogP) is 3.37. The largest absolute Gasteiger partial charge is 0.385 e. The molecule has 1 aromatic rings. The molecule has 0 spiro atoms. The summed E-state index contributed by atoms with van der Waals surface area (Å²) in [6.07, 6.45) is 6.55. The summed E-state index contributed by atoms with van der Waals surface area (Å²) in [6.45, 7) is 7.84. The summed E-state index contributed by atoms with van der Waals surface area (Å²) in [5.74, 6) is 0.525. The van der Waals surface area contributed by atoms with Gasteiger partial charge in [-0.1, -0.05) is 12.1 Å². The van der Waals surface area contributed by atoms with Gasteiger partial charge in [0.2, 0.25) is 5.91 Å². The van der Waals surface area contributed by atoms with Crippen molar-refractivity contribution in [3.05, 3.63) is 34.4 Å². The molecular formula is C22H34N2O2. The molecule has 2 fully saturated rings. The van der Waals surface area contributed by atoms with Crippen LogP contribution in [0, 0.1) is 19.8 Å². The van der Waals surface area contributed by atoms with E-state index in [9.17, 15) is 4.79 Å². The molecule has 0 aromatic heterocycles. The van der Waals surface area contributed by atoms with Gasteiger partial charge >= 0.3 is 0 Å². The normalized spacial score (nSPS) is 20.2. The topological polar surface area (TPSA) is 41.6 Å². The zero-order valence-corrected chi connectivity index (χ0v) is 16.6. The van der Waals surface area contributed by atoms with Gasteiger partial charge in [0.15, 0.2) is 0 Å². The van der Waals surface area contributed by atoms with Crippen LogP contribution < -0.4 is 5.32 Å². The summed E-state index contributed by atoms with van der Waals surface area (Å²) in [6, 6.07) is 5.07. The lowest BCUT2D eigenvalue weighted by molar-refractivity contribution is -0.137. The number of amides is 1. The third-order valence-corrected chi connectivity index (χ3v) is 5.91. The van der Waals surface area contributed by atoms with E-state index >= 15 is 0 Å². The first-order valence-electron chi connectivity index (χ1n) is 10.2. The minimum absolute atomic E-state index is 0.163. The number of carbonyl (C=O) groups excluding carboxylic acids is 1. The van der Waals surface area contributed by atoms with Crippen molar-refractivity contribution < 1.29 is 9.53 Å². The molecule has 1 saturated carbocycles. The van der Waals surface area contributed by atoms with E-state index in [1.807, 2.05) is 0 Å². The van der Waals surface area contributed by atoms with Gasteiger partial charge in [0.05, 0.1) is 5.92 Å². The Morgan fingerprint density at radius 2 is 2.08 bits per heavy atom. The van der Waals surface area contributed by atoms with Gasteiger partial charge < -0.3 is 15.0 Å². The fourth-order valence-electron chi connectivity index (χ4n) is 4.00. The summed E-state index contributed by atoms with van der Waals surface area (Å²) >= 11 is 0. The van der Waals surface area contributed by atoms with Crippen molar-refractivity contribution in [3.63, 3.8) is 0 Å². The van der Waals surface area contributed by atoms with Crippen molar-refractivity contribution >= 4 is 5.91 Å². The molecule has 1 aliphatic carbocycles. The lowest BCUT2D eigenvalue weighted by Crippen LogP contribution is -2.43. The van der Waals surface area contributed by atoms with E-state index in [4.69, 9.17) is 4.74 Å². The third-order valence-electron chi connectivity index (χ3n) is 5.91. The van der Waals surface area contributed by atoms with Crippen molar-refractivity contribution in [2.75, 3.05) is 26.8 Å².